The van der Waals surface area contributed by atoms with Gasteiger partial charge in [0.25, 0.3) is 5.91 Å². The first-order valence-electron chi connectivity index (χ1n) is 11.2. The highest BCUT2D eigenvalue weighted by Crippen LogP contribution is 2.19. The number of hydrogen-bond acceptors (Lipinski definition) is 3. The van der Waals surface area contributed by atoms with Gasteiger partial charge in [-0.3, -0.25) is 4.79 Å². The molecule has 4 rings (SSSR count). The van der Waals surface area contributed by atoms with Crippen LogP contribution in [-0.4, -0.2) is 28.6 Å². The Labute approximate surface area is 199 Å². The summed E-state index contributed by atoms with van der Waals surface area (Å²) in [5.41, 5.74) is 4.92. The molecule has 1 aromatic heterocycles. The molecule has 0 bridgehead atoms. The molecule has 170 valence electrons. The number of imidazole rings is 1. The molecule has 0 saturated heterocycles. The Balaban J connectivity index is 1.38. The first-order chi connectivity index (χ1) is 16.0. The summed E-state index contributed by atoms with van der Waals surface area (Å²) in [7, 11) is 0. The summed E-state index contributed by atoms with van der Waals surface area (Å²) in [5.74, 6) is 1.72. The third kappa shape index (κ3) is 5.74. The van der Waals surface area contributed by atoms with E-state index in [0.29, 0.717) is 30.2 Å². The molecule has 6 heteroatoms. The molecule has 0 spiro atoms. The summed E-state index contributed by atoms with van der Waals surface area (Å²) in [6.07, 6.45) is 1.49. The Morgan fingerprint density at radius 3 is 2.64 bits per heavy atom. The van der Waals surface area contributed by atoms with Gasteiger partial charge in [-0.25, -0.2) is 4.98 Å². The second-order valence-electron chi connectivity index (χ2n) is 8.15. The van der Waals surface area contributed by atoms with Crippen molar-refractivity contribution in [1.82, 2.24) is 14.9 Å². The van der Waals surface area contributed by atoms with Gasteiger partial charge in [0.1, 0.15) is 11.6 Å². The predicted octanol–water partition coefficient (Wildman–Crippen LogP) is 5.75. The molecule has 3 aromatic carbocycles. The Bertz CT molecular complexity index is 1250. The maximum atomic E-state index is 12.6. The standard InChI is InChI=1S/C27H28ClN3O2/c1-19-8-13-23(20(2)18-19)27(32)29-15-14-26-30-24-6-3-4-7-25(24)31(26)16-5-17-33-22-11-9-21(28)10-12-22/h3-4,6-13,18H,5,14-17H2,1-2H3,(H,29,32). The molecule has 5 nitrogen and oxygen atoms in total. The largest absolute Gasteiger partial charge is 0.494 e. The molecule has 0 unspecified atom stereocenters. The molecule has 1 heterocycles. The summed E-state index contributed by atoms with van der Waals surface area (Å²) >= 11 is 5.93. The molecule has 0 fully saturated rings. The Hall–Kier alpha value is -3.31. The second kappa shape index (κ2) is 10.5. The number of nitrogens with zero attached hydrogens (tertiary/aromatic N) is 2. The molecule has 0 atom stereocenters. The number of nitrogens with one attached hydrogen (secondary N) is 1. The SMILES string of the molecule is Cc1ccc(C(=O)NCCc2nc3ccccc3n2CCCOc2ccc(Cl)cc2)c(C)c1. The lowest BCUT2D eigenvalue weighted by molar-refractivity contribution is 0.0953. The van der Waals surface area contributed by atoms with Crippen molar-refractivity contribution in [3.05, 3.63) is 94.3 Å². The van der Waals surface area contributed by atoms with Crippen LogP contribution in [-0.2, 0) is 13.0 Å². The molecule has 4 aromatic rings. The fourth-order valence-electron chi connectivity index (χ4n) is 3.96. The molecule has 0 saturated carbocycles. The van der Waals surface area contributed by atoms with Gasteiger partial charge in [-0.05, 0) is 68.3 Å². The van der Waals surface area contributed by atoms with Gasteiger partial charge in [0.05, 0.1) is 17.6 Å². The number of hydrogen-bond donors (Lipinski definition) is 1. The van der Waals surface area contributed by atoms with Gasteiger partial charge in [-0.1, -0.05) is 41.4 Å². The van der Waals surface area contributed by atoms with E-state index in [9.17, 15) is 4.79 Å². The van der Waals surface area contributed by atoms with Gasteiger partial charge in [0.15, 0.2) is 0 Å². The van der Waals surface area contributed by atoms with Crippen LogP contribution in [0.25, 0.3) is 11.0 Å². The first-order valence-corrected chi connectivity index (χ1v) is 11.6. The highest BCUT2D eigenvalue weighted by molar-refractivity contribution is 6.30. The minimum absolute atomic E-state index is 0.0495. The van der Waals surface area contributed by atoms with E-state index < -0.39 is 0 Å². The van der Waals surface area contributed by atoms with E-state index in [2.05, 4.69) is 16.0 Å². The zero-order chi connectivity index (χ0) is 23.2. The monoisotopic (exact) mass is 461 g/mol. The quantitative estimate of drug-likeness (QED) is 0.323. The Morgan fingerprint density at radius 2 is 1.85 bits per heavy atom. The fraction of sp³-hybridized carbons (Fsp3) is 0.259. The van der Waals surface area contributed by atoms with Gasteiger partial charge in [0, 0.05) is 30.1 Å². The zero-order valence-electron chi connectivity index (χ0n) is 19.0. The van der Waals surface area contributed by atoms with Crippen LogP contribution in [0.3, 0.4) is 0 Å². The fourth-order valence-corrected chi connectivity index (χ4v) is 4.09. The van der Waals surface area contributed by atoms with Crippen molar-refractivity contribution in [3.8, 4) is 5.75 Å². The summed E-state index contributed by atoms with van der Waals surface area (Å²) in [6, 6.07) is 21.4. The van der Waals surface area contributed by atoms with Crippen molar-refractivity contribution in [2.24, 2.45) is 0 Å². The number of carbonyl (C=O) groups is 1. The lowest BCUT2D eigenvalue weighted by atomic mass is 10.1. The number of carbonyl (C=O) groups excluding carboxylic acids is 1. The van der Waals surface area contributed by atoms with Gasteiger partial charge < -0.3 is 14.6 Å². The minimum Gasteiger partial charge on any atom is -0.494 e. The maximum absolute atomic E-state index is 12.6. The third-order valence-electron chi connectivity index (χ3n) is 5.60. The summed E-state index contributed by atoms with van der Waals surface area (Å²) in [5, 5.41) is 3.74. The Morgan fingerprint density at radius 1 is 1.06 bits per heavy atom. The van der Waals surface area contributed by atoms with E-state index >= 15 is 0 Å². The number of ether oxygens (including phenoxy) is 1. The van der Waals surface area contributed by atoms with Crippen LogP contribution >= 0.6 is 11.6 Å². The van der Waals surface area contributed by atoms with Crippen LogP contribution in [0.4, 0.5) is 0 Å². The smallest absolute Gasteiger partial charge is 0.251 e. The molecular weight excluding hydrogens is 434 g/mol. The predicted molar refractivity (Wildman–Crippen MR) is 133 cm³/mol. The number of para-hydroxylation sites is 2. The topological polar surface area (TPSA) is 56.2 Å². The van der Waals surface area contributed by atoms with E-state index in [-0.39, 0.29) is 5.91 Å². The van der Waals surface area contributed by atoms with Crippen LogP contribution < -0.4 is 10.1 Å². The molecule has 1 N–H and O–H groups in total. The molecule has 0 radical (unpaired) electrons. The van der Waals surface area contributed by atoms with E-state index in [4.69, 9.17) is 21.3 Å². The van der Waals surface area contributed by atoms with Crippen LogP contribution in [0.1, 0.15) is 33.7 Å². The summed E-state index contributed by atoms with van der Waals surface area (Å²) in [4.78, 5) is 17.4. The van der Waals surface area contributed by atoms with E-state index in [0.717, 1.165) is 46.7 Å². The van der Waals surface area contributed by atoms with Crippen molar-refractivity contribution >= 4 is 28.5 Å². The maximum Gasteiger partial charge on any atom is 0.251 e. The number of halogens is 1. The highest BCUT2D eigenvalue weighted by Gasteiger charge is 2.12. The lowest BCUT2D eigenvalue weighted by Crippen LogP contribution is -2.27. The second-order valence-corrected chi connectivity index (χ2v) is 8.59. The number of aromatic nitrogens is 2. The van der Waals surface area contributed by atoms with Gasteiger partial charge in [0.2, 0.25) is 0 Å². The first kappa shape index (κ1) is 22.9. The van der Waals surface area contributed by atoms with E-state index in [1.165, 1.54) is 0 Å². The van der Waals surface area contributed by atoms with Crippen LogP contribution in [0.2, 0.25) is 5.02 Å². The molecule has 33 heavy (non-hydrogen) atoms. The molecule has 0 aliphatic heterocycles. The zero-order valence-corrected chi connectivity index (χ0v) is 19.7. The summed E-state index contributed by atoms with van der Waals surface area (Å²) in [6.45, 7) is 5.90. The van der Waals surface area contributed by atoms with Crippen molar-refractivity contribution in [3.63, 3.8) is 0 Å². The Kier molecular flexibility index (Phi) is 7.30. The van der Waals surface area contributed by atoms with Gasteiger partial charge in [-0.15, -0.1) is 0 Å². The van der Waals surface area contributed by atoms with E-state index in [1.807, 2.05) is 74.5 Å². The van der Waals surface area contributed by atoms with Crippen molar-refractivity contribution in [2.45, 2.75) is 33.2 Å². The minimum atomic E-state index is -0.0495. The van der Waals surface area contributed by atoms with E-state index in [1.54, 1.807) is 0 Å². The van der Waals surface area contributed by atoms with Crippen LogP contribution in [0.15, 0.2) is 66.7 Å². The van der Waals surface area contributed by atoms with Crippen molar-refractivity contribution in [2.75, 3.05) is 13.2 Å². The number of aryl methyl sites for hydroxylation is 3. The number of fused-ring (bicyclic) bond motifs is 1. The average Bonchev–Trinajstić information content (AvgIpc) is 3.15. The highest BCUT2D eigenvalue weighted by atomic mass is 35.5. The molecule has 1 amide bonds. The average molecular weight is 462 g/mol. The van der Waals surface area contributed by atoms with Gasteiger partial charge >= 0.3 is 0 Å². The molecule has 0 aliphatic rings. The number of benzene rings is 3. The lowest BCUT2D eigenvalue weighted by Gasteiger charge is -2.12. The van der Waals surface area contributed by atoms with Crippen molar-refractivity contribution in [1.29, 1.82) is 0 Å². The van der Waals surface area contributed by atoms with Crippen molar-refractivity contribution < 1.29 is 9.53 Å². The molecule has 0 aliphatic carbocycles. The number of rotatable bonds is 9. The number of amides is 1. The molecular formula is C27H28ClN3O2. The van der Waals surface area contributed by atoms with Crippen LogP contribution in [0.5, 0.6) is 5.75 Å². The van der Waals surface area contributed by atoms with Crippen LogP contribution in [0, 0.1) is 13.8 Å². The van der Waals surface area contributed by atoms with Gasteiger partial charge in [-0.2, -0.15) is 0 Å². The normalized spacial score (nSPS) is 11.0. The third-order valence-corrected chi connectivity index (χ3v) is 5.85. The summed E-state index contributed by atoms with van der Waals surface area (Å²) < 4.78 is 8.07.